The minimum absolute atomic E-state index is 0.267. The van der Waals surface area contributed by atoms with Crippen molar-refractivity contribution in [3.63, 3.8) is 0 Å². The largest absolute Gasteiger partial charge is 0.483 e. The lowest BCUT2D eigenvalue weighted by Crippen LogP contribution is -2.43. The second-order valence-electron chi connectivity index (χ2n) is 4.84. The molecule has 7 heteroatoms. The quantitative estimate of drug-likeness (QED) is 0.520. The molecule has 1 atom stereocenters. The summed E-state index contributed by atoms with van der Waals surface area (Å²) in [4.78, 5) is 33.0. The van der Waals surface area contributed by atoms with Crippen LogP contribution in [0.5, 0.6) is 5.75 Å². The Labute approximate surface area is 134 Å². The predicted octanol–water partition coefficient (Wildman–Crippen LogP) is 1.37. The number of carbonyl (C=O) groups is 3. The van der Waals surface area contributed by atoms with Gasteiger partial charge in [-0.25, -0.2) is 4.79 Å². The molecule has 0 fully saturated rings. The molecular weight excluding hydrogens is 300 g/mol. The van der Waals surface area contributed by atoms with Gasteiger partial charge in [0.1, 0.15) is 5.75 Å². The van der Waals surface area contributed by atoms with Crippen LogP contribution < -0.4 is 15.6 Å². The van der Waals surface area contributed by atoms with E-state index < -0.39 is 17.8 Å². The van der Waals surface area contributed by atoms with E-state index in [9.17, 15) is 14.4 Å². The van der Waals surface area contributed by atoms with E-state index in [-0.39, 0.29) is 6.61 Å². The van der Waals surface area contributed by atoms with Crippen LogP contribution >= 0.6 is 0 Å². The molecule has 1 unspecified atom stereocenters. The van der Waals surface area contributed by atoms with Gasteiger partial charge in [-0.2, -0.15) is 0 Å². The third-order valence-corrected chi connectivity index (χ3v) is 3.12. The molecule has 0 aliphatic rings. The van der Waals surface area contributed by atoms with Crippen LogP contribution in [-0.4, -0.2) is 29.5 Å². The second-order valence-corrected chi connectivity index (χ2v) is 4.84. The fourth-order valence-electron chi connectivity index (χ4n) is 1.74. The van der Waals surface area contributed by atoms with Gasteiger partial charge >= 0.3 is 5.97 Å². The monoisotopic (exact) mass is 320 g/mol. The number of nitrogens with one attached hydrogen (secondary N) is 2. The summed E-state index contributed by atoms with van der Waals surface area (Å²) in [6.45, 7) is 3.86. The second kappa shape index (κ2) is 9.24. The van der Waals surface area contributed by atoms with Crippen molar-refractivity contribution in [3.05, 3.63) is 42.0 Å². The smallest absolute Gasteiger partial charge is 0.328 e. The van der Waals surface area contributed by atoms with Crippen LogP contribution in [0.25, 0.3) is 0 Å². The molecular formula is C16H20N2O5. The fourth-order valence-corrected chi connectivity index (χ4v) is 1.74. The van der Waals surface area contributed by atoms with Gasteiger partial charge in [0, 0.05) is 12.2 Å². The normalized spacial score (nSPS) is 11.7. The van der Waals surface area contributed by atoms with E-state index in [1.54, 1.807) is 6.07 Å². The molecule has 1 aromatic carbocycles. The highest BCUT2D eigenvalue weighted by molar-refractivity contribution is 5.94. The number of amides is 2. The number of carboxylic acids is 1. The Kier molecular flexibility index (Phi) is 7.32. The Morgan fingerprint density at radius 3 is 2.57 bits per heavy atom. The number of carboxylic acid groups (broad SMARTS) is 1. The van der Waals surface area contributed by atoms with E-state index in [1.807, 2.05) is 18.2 Å². The van der Waals surface area contributed by atoms with Crippen molar-refractivity contribution in [1.29, 1.82) is 0 Å². The van der Waals surface area contributed by atoms with Gasteiger partial charge in [-0.15, -0.1) is 0 Å². The standard InChI is InChI=1S/C16H20N2O5/c1-3-11(2)12-6-4-5-7-13(12)23-10-15(20)18-17-14(19)8-9-16(21)22/h4-9,11H,3,10H2,1-2H3,(H,17,19)(H,18,20)(H,21,22). The lowest BCUT2D eigenvalue weighted by atomic mass is 9.98. The number of rotatable bonds is 7. The number of benzene rings is 1. The molecule has 0 aliphatic carbocycles. The first-order chi connectivity index (χ1) is 10.9. The van der Waals surface area contributed by atoms with Gasteiger partial charge in [0.15, 0.2) is 6.61 Å². The summed E-state index contributed by atoms with van der Waals surface area (Å²) in [5.74, 6) is -1.64. The van der Waals surface area contributed by atoms with Crippen molar-refractivity contribution in [1.82, 2.24) is 10.9 Å². The summed E-state index contributed by atoms with van der Waals surface area (Å²) in [5.41, 5.74) is 5.20. The molecule has 0 heterocycles. The first kappa shape index (κ1) is 18.2. The molecule has 1 rings (SSSR count). The molecule has 0 bridgehead atoms. The maximum atomic E-state index is 11.6. The Morgan fingerprint density at radius 1 is 1.22 bits per heavy atom. The number of ether oxygens (including phenoxy) is 1. The van der Waals surface area contributed by atoms with Crippen LogP contribution in [0.15, 0.2) is 36.4 Å². The van der Waals surface area contributed by atoms with E-state index in [2.05, 4.69) is 24.7 Å². The molecule has 2 amide bonds. The molecule has 7 nitrogen and oxygen atoms in total. The Hall–Kier alpha value is -2.83. The highest BCUT2D eigenvalue weighted by Gasteiger charge is 2.11. The number of carbonyl (C=O) groups excluding carboxylic acids is 2. The summed E-state index contributed by atoms with van der Waals surface area (Å²) in [6.07, 6.45) is 2.40. The third-order valence-electron chi connectivity index (χ3n) is 3.12. The first-order valence-corrected chi connectivity index (χ1v) is 7.15. The third kappa shape index (κ3) is 6.64. The minimum atomic E-state index is -1.25. The van der Waals surface area contributed by atoms with E-state index in [1.165, 1.54) is 0 Å². The van der Waals surface area contributed by atoms with Gasteiger partial charge in [-0.1, -0.05) is 32.0 Å². The topological polar surface area (TPSA) is 105 Å². The maximum absolute atomic E-state index is 11.6. The van der Waals surface area contributed by atoms with Gasteiger partial charge in [-0.05, 0) is 24.0 Å². The fraction of sp³-hybridized carbons (Fsp3) is 0.312. The van der Waals surface area contributed by atoms with Crippen LogP contribution in [0.4, 0.5) is 0 Å². The van der Waals surface area contributed by atoms with Crippen molar-refractivity contribution >= 4 is 17.8 Å². The predicted molar refractivity (Wildman–Crippen MR) is 83.7 cm³/mol. The Bertz CT molecular complexity index is 598. The zero-order chi connectivity index (χ0) is 17.2. The number of hydrazine groups is 1. The zero-order valence-corrected chi connectivity index (χ0v) is 13.0. The van der Waals surface area contributed by atoms with Crippen molar-refractivity contribution in [3.8, 4) is 5.75 Å². The summed E-state index contributed by atoms with van der Waals surface area (Å²) in [7, 11) is 0. The van der Waals surface area contributed by atoms with Crippen LogP contribution in [0.1, 0.15) is 31.7 Å². The Morgan fingerprint density at radius 2 is 1.91 bits per heavy atom. The van der Waals surface area contributed by atoms with Gasteiger partial charge in [0.25, 0.3) is 11.8 Å². The minimum Gasteiger partial charge on any atom is -0.483 e. The van der Waals surface area contributed by atoms with E-state index >= 15 is 0 Å². The van der Waals surface area contributed by atoms with Crippen LogP contribution in [0.3, 0.4) is 0 Å². The molecule has 1 aromatic rings. The number of aliphatic carboxylic acids is 1. The molecule has 0 aliphatic heterocycles. The van der Waals surface area contributed by atoms with Gasteiger partial charge < -0.3 is 9.84 Å². The average molecular weight is 320 g/mol. The summed E-state index contributed by atoms with van der Waals surface area (Å²) in [6, 6.07) is 7.45. The van der Waals surface area contributed by atoms with Crippen LogP contribution in [0.2, 0.25) is 0 Å². The number of hydrogen-bond acceptors (Lipinski definition) is 4. The van der Waals surface area contributed by atoms with Crippen LogP contribution in [0, 0.1) is 0 Å². The molecule has 0 spiro atoms. The lowest BCUT2D eigenvalue weighted by molar-refractivity contribution is -0.131. The highest BCUT2D eigenvalue weighted by atomic mass is 16.5. The molecule has 23 heavy (non-hydrogen) atoms. The van der Waals surface area contributed by atoms with Gasteiger partial charge in [0.05, 0.1) is 0 Å². The van der Waals surface area contributed by atoms with Gasteiger partial charge in [0.2, 0.25) is 0 Å². The summed E-state index contributed by atoms with van der Waals surface area (Å²) >= 11 is 0. The van der Waals surface area contributed by atoms with E-state index in [0.29, 0.717) is 17.7 Å². The molecule has 0 aromatic heterocycles. The number of para-hydroxylation sites is 1. The van der Waals surface area contributed by atoms with Gasteiger partial charge in [-0.3, -0.25) is 20.4 Å². The molecule has 0 radical (unpaired) electrons. The lowest BCUT2D eigenvalue weighted by Gasteiger charge is -2.15. The number of hydrogen-bond donors (Lipinski definition) is 3. The molecule has 3 N–H and O–H groups in total. The maximum Gasteiger partial charge on any atom is 0.328 e. The zero-order valence-electron chi connectivity index (χ0n) is 13.0. The molecule has 124 valence electrons. The van der Waals surface area contributed by atoms with Crippen molar-refractivity contribution < 1.29 is 24.2 Å². The SMILES string of the molecule is CCC(C)c1ccccc1OCC(=O)NNC(=O)C=CC(=O)O. The average Bonchev–Trinajstić information content (AvgIpc) is 2.55. The molecule has 0 saturated heterocycles. The van der Waals surface area contributed by atoms with Crippen molar-refractivity contribution in [2.45, 2.75) is 26.2 Å². The highest BCUT2D eigenvalue weighted by Crippen LogP contribution is 2.28. The van der Waals surface area contributed by atoms with E-state index in [4.69, 9.17) is 9.84 Å². The van der Waals surface area contributed by atoms with E-state index in [0.717, 1.165) is 18.1 Å². The Balaban J connectivity index is 2.48. The summed E-state index contributed by atoms with van der Waals surface area (Å²) in [5, 5.41) is 8.37. The molecule has 0 saturated carbocycles. The van der Waals surface area contributed by atoms with Crippen molar-refractivity contribution in [2.75, 3.05) is 6.61 Å². The first-order valence-electron chi connectivity index (χ1n) is 7.15. The van der Waals surface area contributed by atoms with Crippen molar-refractivity contribution in [2.24, 2.45) is 0 Å². The summed E-state index contributed by atoms with van der Waals surface area (Å²) < 4.78 is 5.48. The van der Waals surface area contributed by atoms with Crippen LogP contribution in [-0.2, 0) is 14.4 Å².